The molecule has 2 rings (SSSR count). The van der Waals surface area contributed by atoms with E-state index in [0.717, 1.165) is 22.8 Å². The van der Waals surface area contributed by atoms with Gasteiger partial charge in [0.15, 0.2) is 0 Å². The van der Waals surface area contributed by atoms with Gasteiger partial charge >= 0.3 is 0 Å². The lowest BCUT2D eigenvalue weighted by Gasteiger charge is -2.06. The van der Waals surface area contributed by atoms with Gasteiger partial charge in [0, 0.05) is 23.1 Å². The summed E-state index contributed by atoms with van der Waals surface area (Å²) in [5, 5.41) is 2.82. The smallest absolute Gasteiger partial charge is 0.251 e. The molecule has 2 heterocycles. The van der Waals surface area contributed by atoms with Crippen molar-refractivity contribution >= 4 is 5.91 Å². The van der Waals surface area contributed by atoms with Crippen molar-refractivity contribution in [3.63, 3.8) is 0 Å². The normalized spacial score (nSPS) is 10.3. The van der Waals surface area contributed by atoms with Gasteiger partial charge in [-0.05, 0) is 32.9 Å². The fourth-order valence-electron chi connectivity index (χ4n) is 1.75. The van der Waals surface area contributed by atoms with Gasteiger partial charge in [-0.1, -0.05) is 0 Å². The molecule has 0 saturated heterocycles. The molecule has 0 aromatic carbocycles. The largest absolute Gasteiger partial charge is 0.346 e. The maximum Gasteiger partial charge on any atom is 0.251 e. The molecule has 0 bridgehead atoms. The molecule has 0 unspecified atom stereocenters. The standard InChI is InChI=1S/C14H16N4O/c1-9-4-12(5-10(2)18-9)14(19)17-8-13-7-15-11(3)6-16-13/h4-7H,8H2,1-3H3,(H,17,19). The maximum absolute atomic E-state index is 12.0. The van der Waals surface area contributed by atoms with E-state index in [1.54, 1.807) is 24.5 Å². The molecule has 19 heavy (non-hydrogen) atoms. The molecule has 0 atom stereocenters. The van der Waals surface area contributed by atoms with Crippen molar-refractivity contribution in [3.05, 3.63) is 52.9 Å². The summed E-state index contributed by atoms with van der Waals surface area (Å²) in [7, 11) is 0. The number of hydrogen-bond acceptors (Lipinski definition) is 4. The molecule has 5 nitrogen and oxygen atoms in total. The van der Waals surface area contributed by atoms with Gasteiger partial charge in [0.2, 0.25) is 0 Å². The predicted molar refractivity (Wildman–Crippen MR) is 71.7 cm³/mol. The second-order valence-electron chi connectivity index (χ2n) is 4.47. The molecule has 5 heteroatoms. The highest BCUT2D eigenvalue weighted by molar-refractivity contribution is 5.94. The van der Waals surface area contributed by atoms with Crippen LogP contribution >= 0.6 is 0 Å². The van der Waals surface area contributed by atoms with Crippen LogP contribution in [0.3, 0.4) is 0 Å². The maximum atomic E-state index is 12.0. The lowest BCUT2D eigenvalue weighted by Crippen LogP contribution is -2.23. The molecule has 98 valence electrons. The number of aryl methyl sites for hydroxylation is 3. The Morgan fingerprint density at radius 2 is 1.74 bits per heavy atom. The van der Waals surface area contributed by atoms with Crippen LogP contribution in [0.25, 0.3) is 0 Å². The van der Waals surface area contributed by atoms with Gasteiger partial charge in [0.25, 0.3) is 5.91 Å². The van der Waals surface area contributed by atoms with Gasteiger partial charge in [0.1, 0.15) is 0 Å². The lowest BCUT2D eigenvalue weighted by molar-refractivity contribution is 0.0950. The highest BCUT2D eigenvalue weighted by Crippen LogP contribution is 2.05. The third kappa shape index (κ3) is 3.58. The molecule has 1 N–H and O–H groups in total. The Bertz CT molecular complexity index is 573. The Morgan fingerprint density at radius 1 is 1.05 bits per heavy atom. The molecule has 0 fully saturated rings. The summed E-state index contributed by atoms with van der Waals surface area (Å²) in [4.78, 5) is 24.6. The fourth-order valence-corrected chi connectivity index (χ4v) is 1.75. The molecular weight excluding hydrogens is 240 g/mol. The summed E-state index contributed by atoms with van der Waals surface area (Å²) >= 11 is 0. The molecule has 2 aromatic rings. The predicted octanol–water partition coefficient (Wildman–Crippen LogP) is 1.73. The molecular formula is C14H16N4O. The van der Waals surface area contributed by atoms with Gasteiger partial charge in [-0.3, -0.25) is 19.7 Å². The second kappa shape index (κ2) is 5.56. The Balaban J connectivity index is 2.03. The summed E-state index contributed by atoms with van der Waals surface area (Å²) in [6.07, 6.45) is 3.35. The van der Waals surface area contributed by atoms with Crippen LogP contribution in [0.5, 0.6) is 0 Å². The van der Waals surface area contributed by atoms with Crippen LogP contribution in [0.15, 0.2) is 24.5 Å². The van der Waals surface area contributed by atoms with Crippen LogP contribution in [-0.2, 0) is 6.54 Å². The van der Waals surface area contributed by atoms with Gasteiger partial charge in [-0.15, -0.1) is 0 Å². The van der Waals surface area contributed by atoms with Crippen LogP contribution in [0.2, 0.25) is 0 Å². The van der Waals surface area contributed by atoms with Crippen LogP contribution in [0.1, 0.15) is 33.1 Å². The van der Waals surface area contributed by atoms with Crippen molar-refractivity contribution in [2.24, 2.45) is 0 Å². The Hall–Kier alpha value is -2.30. The minimum absolute atomic E-state index is 0.129. The van der Waals surface area contributed by atoms with E-state index in [1.807, 2.05) is 20.8 Å². The molecule has 2 aromatic heterocycles. The Morgan fingerprint density at radius 3 is 2.32 bits per heavy atom. The SMILES string of the molecule is Cc1cnc(CNC(=O)c2cc(C)nc(C)c2)cn1. The number of rotatable bonds is 3. The summed E-state index contributed by atoms with van der Waals surface area (Å²) in [5.74, 6) is -0.129. The van der Waals surface area contributed by atoms with Crippen molar-refractivity contribution in [2.75, 3.05) is 0 Å². The number of aromatic nitrogens is 3. The average Bonchev–Trinajstić information content (AvgIpc) is 2.36. The first-order valence-corrected chi connectivity index (χ1v) is 6.05. The zero-order valence-corrected chi connectivity index (χ0v) is 11.3. The number of hydrogen-bond donors (Lipinski definition) is 1. The van der Waals surface area contributed by atoms with Gasteiger partial charge in [-0.25, -0.2) is 0 Å². The van der Waals surface area contributed by atoms with Crippen LogP contribution < -0.4 is 5.32 Å². The number of carbonyl (C=O) groups is 1. The Labute approximate surface area is 112 Å². The monoisotopic (exact) mass is 256 g/mol. The van der Waals surface area contributed by atoms with E-state index in [0.29, 0.717) is 12.1 Å². The molecule has 0 spiro atoms. The molecule has 0 saturated carbocycles. The topological polar surface area (TPSA) is 67.8 Å². The van der Waals surface area contributed by atoms with Crippen molar-refractivity contribution in [2.45, 2.75) is 27.3 Å². The third-order valence-electron chi connectivity index (χ3n) is 2.61. The van der Waals surface area contributed by atoms with Crippen molar-refractivity contribution in [3.8, 4) is 0 Å². The number of amides is 1. The average molecular weight is 256 g/mol. The van der Waals surface area contributed by atoms with E-state index in [1.165, 1.54) is 0 Å². The van der Waals surface area contributed by atoms with E-state index >= 15 is 0 Å². The summed E-state index contributed by atoms with van der Waals surface area (Å²) in [5.41, 5.74) is 3.88. The fraction of sp³-hybridized carbons (Fsp3) is 0.286. The van der Waals surface area contributed by atoms with E-state index in [4.69, 9.17) is 0 Å². The van der Waals surface area contributed by atoms with E-state index in [-0.39, 0.29) is 5.91 Å². The number of carbonyl (C=O) groups excluding carboxylic acids is 1. The lowest BCUT2D eigenvalue weighted by atomic mass is 10.2. The number of nitrogens with one attached hydrogen (secondary N) is 1. The van der Waals surface area contributed by atoms with Crippen molar-refractivity contribution in [1.29, 1.82) is 0 Å². The van der Waals surface area contributed by atoms with Crippen molar-refractivity contribution in [1.82, 2.24) is 20.3 Å². The zero-order valence-electron chi connectivity index (χ0n) is 11.3. The number of nitrogens with zero attached hydrogens (tertiary/aromatic N) is 3. The van der Waals surface area contributed by atoms with E-state index < -0.39 is 0 Å². The van der Waals surface area contributed by atoms with Crippen molar-refractivity contribution < 1.29 is 4.79 Å². The summed E-state index contributed by atoms with van der Waals surface area (Å²) < 4.78 is 0. The number of pyridine rings is 1. The first-order valence-electron chi connectivity index (χ1n) is 6.05. The van der Waals surface area contributed by atoms with Gasteiger partial charge < -0.3 is 5.32 Å². The molecule has 1 amide bonds. The highest BCUT2D eigenvalue weighted by Gasteiger charge is 2.07. The molecule has 0 aliphatic heterocycles. The highest BCUT2D eigenvalue weighted by atomic mass is 16.1. The first kappa shape index (κ1) is 13.1. The minimum atomic E-state index is -0.129. The van der Waals surface area contributed by atoms with Crippen LogP contribution in [0, 0.1) is 20.8 Å². The van der Waals surface area contributed by atoms with Crippen LogP contribution in [-0.4, -0.2) is 20.9 Å². The quantitative estimate of drug-likeness (QED) is 0.908. The third-order valence-corrected chi connectivity index (χ3v) is 2.61. The summed E-state index contributed by atoms with van der Waals surface area (Å²) in [6, 6.07) is 3.53. The first-order chi connectivity index (χ1) is 9.04. The Kier molecular flexibility index (Phi) is 3.85. The zero-order chi connectivity index (χ0) is 13.8. The van der Waals surface area contributed by atoms with E-state index in [9.17, 15) is 4.79 Å². The van der Waals surface area contributed by atoms with Gasteiger partial charge in [0.05, 0.1) is 24.1 Å². The van der Waals surface area contributed by atoms with Gasteiger partial charge in [-0.2, -0.15) is 0 Å². The molecule has 0 aliphatic carbocycles. The minimum Gasteiger partial charge on any atom is -0.346 e. The summed E-state index contributed by atoms with van der Waals surface area (Å²) in [6.45, 7) is 5.98. The second-order valence-corrected chi connectivity index (χ2v) is 4.47. The molecule has 0 radical (unpaired) electrons. The van der Waals surface area contributed by atoms with Crippen LogP contribution in [0.4, 0.5) is 0 Å². The van der Waals surface area contributed by atoms with E-state index in [2.05, 4.69) is 20.3 Å². The molecule has 0 aliphatic rings.